The van der Waals surface area contributed by atoms with Crippen molar-refractivity contribution in [1.29, 1.82) is 0 Å². The first-order valence-corrected chi connectivity index (χ1v) is 5.89. The fourth-order valence-electron chi connectivity index (χ4n) is 1.65. The Balaban J connectivity index is 3.03. The summed E-state index contributed by atoms with van der Waals surface area (Å²) in [4.78, 5) is 11.3. The second-order valence-electron chi connectivity index (χ2n) is 5.19. The molecule has 0 aliphatic rings. The van der Waals surface area contributed by atoms with Gasteiger partial charge in [0.25, 0.3) is 0 Å². The fraction of sp³-hybridized carbons (Fsp3) is 0.818. The van der Waals surface area contributed by atoms with E-state index in [4.69, 9.17) is 0 Å². The van der Waals surface area contributed by atoms with Crippen LogP contribution in [-0.4, -0.2) is 31.3 Å². The molecule has 0 saturated carbocycles. The average molecular weight is 240 g/mol. The molecule has 0 amide bonds. The molecule has 0 spiro atoms. The van der Waals surface area contributed by atoms with Crippen LogP contribution in [0.3, 0.4) is 0 Å². The number of aromatic nitrogens is 4. The largest absolute Gasteiger partial charge is 0.480 e. The van der Waals surface area contributed by atoms with Gasteiger partial charge in [0.15, 0.2) is 11.9 Å². The van der Waals surface area contributed by atoms with E-state index in [9.17, 15) is 9.90 Å². The molecule has 1 atom stereocenters. The van der Waals surface area contributed by atoms with Gasteiger partial charge < -0.3 is 5.11 Å². The van der Waals surface area contributed by atoms with Crippen molar-refractivity contribution in [3.8, 4) is 0 Å². The van der Waals surface area contributed by atoms with Crippen molar-refractivity contribution in [3.05, 3.63) is 5.82 Å². The molecular formula is C11H20N4O2. The number of hydrogen-bond donors (Lipinski definition) is 1. The first-order valence-electron chi connectivity index (χ1n) is 5.89. The minimum Gasteiger partial charge on any atom is -0.480 e. The predicted octanol–water partition coefficient (Wildman–Crippen LogP) is 1.79. The minimum atomic E-state index is -0.878. The number of carboxylic acid groups (broad SMARTS) is 1. The Hall–Kier alpha value is -1.46. The summed E-state index contributed by atoms with van der Waals surface area (Å²) in [6.45, 7) is 7.93. The van der Waals surface area contributed by atoms with Crippen molar-refractivity contribution in [1.82, 2.24) is 20.2 Å². The number of unbranched alkanes of at least 4 members (excludes halogenated alkanes) is 1. The quantitative estimate of drug-likeness (QED) is 0.848. The average Bonchev–Trinajstić information content (AvgIpc) is 2.66. The van der Waals surface area contributed by atoms with E-state index in [2.05, 4.69) is 15.5 Å². The molecule has 0 fully saturated rings. The summed E-state index contributed by atoms with van der Waals surface area (Å²) in [5.74, 6) is -0.266. The summed E-state index contributed by atoms with van der Waals surface area (Å²) in [5, 5.41) is 20.6. The smallest absolute Gasteiger partial charge is 0.328 e. The summed E-state index contributed by atoms with van der Waals surface area (Å²) >= 11 is 0. The topological polar surface area (TPSA) is 80.9 Å². The van der Waals surface area contributed by atoms with Gasteiger partial charge in [-0.15, -0.1) is 5.10 Å². The highest BCUT2D eigenvalue weighted by Gasteiger charge is 2.29. The van der Waals surface area contributed by atoms with Crippen LogP contribution in [0, 0.1) is 0 Å². The Bertz CT molecular complexity index is 381. The van der Waals surface area contributed by atoms with Gasteiger partial charge in [-0.25, -0.2) is 9.48 Å². The van der Waals surface area contributed by atoms with E-state index in [-0.39, 0.29) is 5.41 Å². The van der Waals surface area contributed by atoms with Gasteiger partial charge >= 0.3 is 5.97 Å². The highest BCUT2D eigenvalue weighted by molar-refractivity contribution is 5.71. The lowest BCUT2D eigenvalue weighted by Crippen LogP contribution is -2.27. The fourth-order valence-corrected chi connectivity index (χ4v) is 1.65. The number of aliphatic carboxylic acids is 1. The molecule has 0 bridgehead atoms. The van der Waals surface area contributed by atoms with E-state index >= 15 is 0 Å². The van der Waals surface area contributed by atoms with E-state index in [1.807, 2.05) is 27.7 Å². The first-order chi connectivity index (χ1) is 7.88. The molecule has 0 aliphatic carbocycles. The van der Waals surface area contributed by atoms with Gasteiger partial charge in [0.05, 0.1) is 0 Å². The molecule has 0 radical (unpaired) electrons. The van der Waals surface area contributed by atoms with Crippen molar-refractivity contribution in [3.63, 3.8) is 0 Å². The maximum Gasteiger partial charge on any atom is 0.328 e. The van der Waals surface area contributed by atoms with Crippen LogP contribution >= 0.6 is 0 Å². The van der Waals surface area contributed by atoms with E-state index < -0.39 is 12.0 Å². The van der Waals surface area contributed by atoms with Crippen molar-refractivity contribution >= 4 is 5.97 Å². The minimum absolute atomic E-state index is 0.261. The zero-order valence-corrected chi connectivity index (χ0v) is 10.8. The van der Waals surface area contributed by atoms with Crippen LogP contribution in [0.1, 0.15) is 58.8 Å². The number of carbonyl (C=O) groups is 1. The lowest BCUT2D eigenvalue weighted by molar-refractivity contribution is -0.141. The zero-order chi connectivity index (χ0) is 13.1. The number of rotatable bonds is 5. The van der Waals surface area contributed by atoms with Crippen molar-refractivity contribution in [2.75, 3.05) is 0 Å². The van der Waals surface area contributed by atoms with Crippen LogP contribution in [-0.2, 0) is 10.2 Å². The molecule has 17 heavy (non-hydrogen) atoms. The Morgan fingerprint density at radius 1 is 1.47 bits per heavy atom. The summed E-state index contributed by atoms with van der Waals surface area (Å²) < 4.78 is 1.44. The lowest BCUT2D eigenvalue weighted by Gasteiger charge is -2.20. The van der Waals surface area contributed by atoms with Crippen LogP contribution in [0.5, 0.6) is 0 Å². The standard InChI is InChI=1S/C11H20N4O2/c1-5-6-7-8(9(16)17)15-10(11(2,3)4)12-13-14-15/h8H,5-7H2,1-4H3,(H,16,17). The third kappa shape index (κ3) is 3.25. The molecule has 1 aromatic rings. The van der Waals surface area contributed by atoms with Gasteiger partial charge in [0.1, 0.15) is 0 Å². The second kappa shape index (κ2) is 5.25. The summed E-state index contributed by atoms with van der Waals surface area (Å²) in [7, 11) is 0. The van der Waals surface area contributed by atoms with Crippen LogP contribution in [0.25, 0.3) is 0 Å². The molecule has 96 valence electrons. The number of tetrazole rings is 1. The Labute approximate surface area is 101 Å². The molecule has 0 saturated heterocycles. The number of hydrogen-bond acceptors (Lipinski definition) is 4. The molecule has 1 unspecified atom stereocenters. The summed E-state index contributed by atoms with van der Waals surface area (Å²) in [5.41, 5.74) is -0.261. The van der Waals surface area contributed by atoms with Gasteiger partial charge in [0.2, 0.25) is 0 Å². The van der Waals surface area contributed by atoms with Gasteiger partial charge in [-0.3, -0.25) is 0 Å². The number of carboxylic acids is 1. The summed E-state index contributed by atoms with van der Waals surface area (Å²) in [6.07, 6.45) is 2.36. The molecule has 1 N–H and O–H groups in total. The Morgan fingerprint density at radius 3 is 2.59 bits per heavy atom. The highest BCUT2D eigenvalue weighted by atomic mass is 16.4. The first kappa shape index (κ1) is 13.6. The van der Waals surface area contributed by atoms with Crippen molar-refractivity contribution in [2.24, 2.45) is 0 Å². The highest BCUT2D eigenvalue weighted by Crippen LogP contribution is 2.24. The van der Waals surface area contributed by atoms with Crippen molar-refractivity contribution < 1.29 is 9.90 Å². The van der Waals surface area contributed by atoms with Crippen LogP contribution in [0.15, 0.2) is 0 Å². The van der Waals surface area contributed by atoms with E-state index in [1.54, 1.807) is 0 Å². The molecule has 0 aliphatic heterocycles. The van der Waals surface area contributed by atoms with Gasteiger partial charge in [-0.05, 0) is 16.8 Å². The second-order valence-corrected chi connectivity index (χ2v) is 5.19. The third-order valence-electron chi connectivity index (χ3n) is 2.58. The van der Waals surface area contributed by atoms with Gasteiger partial charge in [-0.2, -0.15) is 0 Å². The predicted molar refractivity (Wildman–Crippen MR) is 62.7 cm³/mol. The lowest BCUT2D eigenvalue weighted by atomic mass is 9.95. The SMILES string of the molecule is CCCCC(C(=O)O)n1nnnc1C(C)(C)C. The van der Waals surface area contributed by atoms with Crippen LogP contribution in [0.4, 0.5) is 0 Å². The van der Waals surface area contributed by atoms with Crippen LogP contribution < -0.4 is 0 Å². The van der Waals surface area contributed by atoms with E-state index in [0.29, 0.717) is 12.2 Å². The molecule has 6 heteroatoms. The molecule has 1 aromatic heterocycles. The van der Waals surface area contributed by atoms with Crippen LogP contribution in [0.2, 0.25) is 0 Å². The number of nitrogens with zero attached hydrogens (tertiary/aromatic N) is 4. The molecule has 1 heterocycles. The Kier molecular flexibility index (Phi) is 4.20. The zero-order valence-electron chi connectivity index (χ0n) is 10.8. The molecular weight excluding hydrogens is 220 g/mol. The molecule has 1 rings (SSSR count). The molecule has 6 nitrogen and oxygen atoms in total. The van der Waals surface area contributed by atoms with Gasteiger partial charge in [-0.1, -0.05) is 40.5 Å². The normalized spacial score (nSPS) is 13.6. The molecule has 0 aromatic carbocycles. The van der Waals surface area contributed by atoms with Crippen molar-refractivity contribution in [2.45, 2.75) is 58.4 Å². The monoisotopic (exact) mass is 240 g/mol. The van der Waals surface area contributed by atoms with E-state index in [1.165, 1.54) is 4.68 Å². The van der Waals surface area contributed by atoms with E-state index in [0.717, 1.165) is 12.8 Å². The maximum absolute atomic E-state index is 11.3. The third-order valence-corrected chi connectivity index (χ3v) is 2.58. The van der Waals surface area contributed by atoms with Gasteiger partial charge in [0, 0.05) is 5.41 Å². The summed E-state index contributed by atoms with van der Waals surface area (Å²) in [6, 6.07) is -0.667. The Morgan fingerprint density at radius 2 is 2.12 bits per heavy atom. The maximum atomic E-state index is 11.3.